The number of fused-ring (bicyclic) bond motifs is 1. The highest BCUT2D eigenvalue weighted by Crippen LogP contribution is 2.32. The van der Waals surface area contributed by atoms with Crippen molar-refractivity contribution in [3.63, 3.8) is 0 Å². The third-order valence-electron chi connectivity index (χ3n) is 2.24. The molecule has 1 N–H and O–H groups in total. The average Bonchev–Trinajstić information content (AvgIpc) is 2.18. The normalized spacial score (nSPS) is 14.1. The van der Waals surface area contributed by atoms with Gasteiger partial charge < -0.3 is 10.1 Å². The van der Waals surface area contributed by atoms with Gasteiger partial charge in [0.2, 0.25) is 5.91 Å². The minimum atomic E-state index is -0.0624. The summed E-state index contributed by atoms with van der Waals surface area (Å²) < 4.78 is 5.54. The van der Waals surface area contributed by atoms with Gasteiger partial charge in [0.25, 0.3) is 0 Å². The van der Waals surface area contributed by atoms with Crippen LogP contribution < -0.4 is 10.1 Å². The van der Waals surface area contributed by atoms with E-state index in [1.807, 2.05) is 18.2 Å². The quantitative estimate of drug-likeness (QED) is 0.737. The summed E-state index contributed by atoms with van der Waals surface area (Å²) in [6.07, 6.45) is 2.08. The van der Waals surface area contributed by atoms with Gasteiger partial charge in [0.05, 0.1) is 12.3 Å². The summed E-state index contributed by atoms with van der Waals surface area (Å²) in [5.41, 5.74) is 1.97. The van der Waals surface area contributed by atoms with Gasteiger partial charge in [-0.1, -0.05) is 12.1 Å². The predicted molar refractivity (Wildman–Crippen MR) is 54.6 cm³/mol. The van der Waals surface area contributed by atoms with E-state index >= 15 is 0 Å². The molecule has 3 heteroatoms. The van der Waals surface area contributed by atoms with Crippen LogP contribution in [0.1, 0.15) is 18.9 Å². The lowest BCUT2D eigenvalue weighted by Crippen LogP contribution is -2.13. The van der Waals surface area contributed by atoms with Crippen molar-refractivity contribution in [3.8, 4) is 5.75 Å². The van der Waals surface area contributed by atoms with Crippen molar-refractivity contribution in [2.24, 2.45) is 0 Å². The Morgan fingerprint density at radius 2 is 2.36 bits per heavy atom. The van der Waals surface area contributed by atoms with E-state index in [1.54, 1.807) is 0 Å². The lowest BCUT2D eigenvalue weighted by atomic mass is 10.1. The molecule has 1 amide bonds. The zero-order chi connectivity index (χ0) is 9.97. The Balaban J connectivity index is 2.35. The van der Waals surface area contributed by atoms with Crippen molar-refractivity contribution in [2.75, 3.05) is 11.9 Å². The molecule has 2 rings (SSSR count). The van der Waals surface area contributed by atoms with Gasteiger partial charge in [0, 0.05) is 6.92 Å². The first-order valence-electron chi connectivity index (χ1n) is 4.79. The lowest BCUT2D eigenvalue weighted by Gasteiger charge is -2.20. The van der Waals surface area contributed by atoms with Crippen LogP contribution in [0.25, 0.3) is 0 Å². The van der Waals surface area contributed by atoms with E-state index in [-0.39, 0.29) is 5.91 Å². The maximum absolute atomic E-state index is 10.9. The molecule has 74 valence electrons. The number of aryl methyl sites for hydroxylation is 1. The molecule has 0 radical (unpaired) electrons. The first-order chi connectivity index (χ1) is 6.77. The van der Waals surface area contributed by atoms with Crippen LogP contribution >= 0.6 is 0 Å². The number of hydrogen-bond donors (Lipinski definition) is 1. The molecule has 14 heavy (non-hydrogen) atoms. The highest BCUT2D eigenvalue weighted by molar-refractivity contribution is 5.90. The molecule has 0 aromatic heterocycles. The van der Waals surface area contributed by atoms with E-state index in [1.165, 1.54) is 12.5 Å². The van der Waals surface area contributed by atoms with E-state index < -0.39 is 0 Å². The molecule has 3 nitrogen and oxygen atoms in total. The number of rotatable bonds is 1. The molecule has 0 atom stereocenters. The van der Waals surface area contributed by atoms with E-state index in [9.17, 15) is 4.79 Å². The van der Waals surface area contributed by atoms with Gasteiger partial charge in [0.1, 0.15) is 5.75 Å². The molecular weight excluding hydrogens is 178 g/mol. The van der Waals surface area contributed by atoms with Gasteiger partial charge in [0.15, 0.2) is 0 Å². The van der Waals surface area contributed by atoms with Crippen LogP contribution in [0.2, 0.25) is 0 Å². The van der Waals surface area contributed by atoms with E-state index in [0.29, 0.717) is 0 Å². The zero-order valence-corrected chi connectivity index (χ0v) is 8.17. The Bertz CT molecular complexity index is 360. The Morgan fingerprint density at radius 1 is 1.50 bits per heavy atom. The fourth-order valence-electron chi connectivity index (χ4n) is 1.68. The second-order valence-electron chi connectivity index (χ2n) is 3.43. The number of amides is 1. The fourth-order valence-corrected chi connectivity index (χ4v) is 1.68. The lowest BCUT2D eigenvalue weighted by molar-refractivity contribution is -0.114. The van der Waals surface area contributed by atoms with E-state index in [2.05, 4.69) is 5.32 Å². The number of nitrogens with one attached hydrogen (secondary N) is 1. The minimum Gasteiger partial charge on any atom is -0.491 e. The van der Waals surface area contributed by atoms with Gasteiger partial charge in [-0.3, -0.25) is 4.79 Å². The van der Waals surface area contributed by atoms with Gasteiger partial charge in [-0.2, -0.15) is 0 Å². The van der Waals surface area contributed by atoms with Crippen molar-refractivity contribution in [2.45, 2.75) is 19.8 Å². The highest BCUT2D eigenvalue weighted by Gasteiger charge is 2.14. The average molecular weight is 191 g/mol. The molecular formula is C11H13NO2. The van der Waals surface area contributed by atoms with E-state index in [4.69, 9.17) is 4.74 Å². The molecule has 1 heterocycles. The molecule has 1 aromatic rings. The van der Waals surface area contributed by atoms with Crippen molar-refractivity contribution in [1.29, 1.82) is 0 Å². The van der Waals surface area contributed by atoms with Gasteiger partial charge >= 0.3 is 0 Å². The van der Waals surface area contributed by atoms with Crippen LogP contribution in [0.15, 0.2) is 18.2 Å². The Morgan fingerprint density at radius 3 is 3.14 bits per heavy atom. The third-order valence-corrected chi connectivity index (χ3v) is 2.24. The van der Waals surface area contributed by atoms with Crippen molar-refractivity contribution in [1.82, 2.24) is 0 Å². The summed E-state index contributed by atoms with van der Waals surface area (Å²) in [5.74, 6) is 0.779. The minimum absolute atomic E-state index is 0.0624. The smallest absolute Gasteiger partial charge is 0.221 e. The van der Waals surface area contributed by atoms with Crippen LogP contribution in [-0.2, 0) is 11.2 Å². The number of ether oxygens (including phenoxy) is 1. The second-order valence-corrected chi connectivity index (χ2v) is 3.43. The van der Waals surface area contributed by atoms with Gasteiger partial charge in [-0.25, -0.2) is 0 Å². The fraction of sp³-hybridized carbons (Fsp3) is 0.364. The maximum Gasteiger partial charge on any atom is 0.221 e. The van der Waals surface area contributed by atoms with Crippen LogP contribution in [0.5, 0.6) is 5.75 Å². The highest BCUT2D eigenvalue weighted by atomic mass is 16.5. The van der Waals surface area contributed by atoms with Crippen LogP contribution in [0.3, 0.4) is 0 Å². The molecule has 0 unspecified atom stereocenters. The van der Waals surface area contributed by atoms with Crippen molar-refractivity contribution in [3.05, 3.63) is 23.8 Å². The monoisotopic (exact) mass is 191 g/mol. The maximum atomic E-state index is 10.9. The molecule has 1 aromatic carbocycles. The topological polar surface area (TPSA) is 38.3 Å². The standard InChI is InChI=1S/C11H13NO2/c1-8(13)12-10-6-2-4-9-5-3-7-14-11(9)10/h2,4,6H,3,5,7H2,1H3,(H,12,13). The third kappa shape index (κ3) is 1.71. The summed E-state index contributed by atoms with van der Waals surface area (Å²) in [4.78, 5) is 10.9. The van der Waals surface area contributed by atoms with Crippen LogP contribution in [0.4, 0.5) is 5.69 Å². The summed E-state index contributed by atoms with van der Waals surface area (Å²) in [7, 11) is 0. The molecule has 0 bridgehead atoms. The van der Waals surface area contributed by atoms with Crippen molar-refractivity contribution < 1.29 is 9.53 Å². The number of para-hydroxylation sites is 1. The predicted octanol–water partition coefficient (Wildman–Crippen LogP) is 1.97. The Labute approximate surface area is 83.1 Å². The Hall–Kier alpha value is -1.51. The van der Waals surface area contributed by atoms with E-state index in [0.717, 1.165) is 30.9 Å². The molecule has 1 aliphatic rings. The SMILES string of the molecule is CC(=O)Nc1cccc2c1OCCC2. The first kappa shape index (κ1) is 9.06. The summed E-state index contributed by atoms with van der Waals surface area (Å²) in [5, 5.41) is 2.77. The number of hydrogen-bond acceptors (Lipinski definition) is 2. The van der Waals surface area contributed by atoms with Crippen LogP contribution in [0, 0.1) is 0 Å². The second kappa shape index (κ2) is 3.70. The zero-order valence-electron chi connectivity index (χ0n) is 8.17. The first-order valence-corrected chi connectivity index (χ1v) is 4.79. The molecule has 0 saturated heterocycles. The van der Waals surface area contributed by atoms with Gasteiger partial charge in [-0.15, -0.1) is 0 Å². The summed E-state index contributed by atoms with van der Waals surface area (Å²) in [6.45, 7) is 2.24. The van der Waals surface area contributed by atoms with Gasteiger partial charge in [-0.05, 0) is 24.5 Å². The molecule has 0 fully saturated rings. The number of carbonyl (C=O) groups excluding carboxylic acids is 1. The molecule has 0 aliphatic carbocycles. The number of benzene rings is 1. The molecule has 1 aliphatic heterocycles. The van der Waals surface area contributed by atoms with Crippen LogP contribution in [-0.4, -0.2) is 12.5 Å². The molecule has 0 spiro atoms. The number of anilines is 1. The summed E-state index contributed by atoms with van der Waals surface area (Å²) >= 11 is 0. The largest absolute Gasteiger partial charge is 0.491 e. The van der Waals surface area contributed by atoms with Crippen molar-refractivity contribution >= 4 is 11.6 Å². The summed E-state index contributed by atoms with van der Waals surface area (Å²) in [6, 6.07) is 5.85. The Kier molecular flexibility index (Phi) is 2.39. The molecule has 0 saturated carbocycles. The number of carbonyl (C=O) groups is 1.